The number of alkyl carbamates (subject to hydrolysis) is 1. The number of rotatable bonds is 3. The number of carbonyl (C=O) groups is 1. The monoisotopic (exact) mass is 330 g/mol. The molecule has 1 saturated heterocycles. The first-order chi connectivity index (χ1) is 11.3. The molecule has 6 heteroatoms. The number of anilines is 1. The van der Waals surface area contributed by atoms with Crippen LogP contribution in [0.25, 0.3) is 0 Å². The Morgan fingerprint density at radius 1 is 1.50 bits per heavy atom. The minimum Gasteiger partial charge on any atom is -0.444 e. The van der Waals surface area contributed by atoms with E-state index in [2.05, 4.69) is 15.2 Å². The average molecular weight is 330 g/mol. The van der Waals surface area contributed by atoms with Crippen molar-refractivity contribution in [2.45, 2.75) is 52.2 Å². The van der Waals surface area contributed by atoms with Crippen molar-refractivity contribution < 1.29 is 9.53 Å². The molecule has 1 fully saturated rings. The van der Waals surface area contributed by atoms with Crippen LogP contribution >= 0.6 is 0 Å². The number of nitriles is 1. The van der Waals surface area contributed by atoms with Gasteiger partial charge >= 0.3 is 6.09 Å². The molecule has 0 saturated carbocycles. The van der Waals surface area contributed by atoms with E-state index in [1.807, 2.05) is 39.8 Å². The van der Waals surface area contributed by atoms with Crippen molar-refractivity contribution in [3.05, 3.63) is 24.0 Å². The van der Waals surface area contributed by atoms with Gasteiger partial charge in [0.15, 0.2) is 0 Å². The first-order valence-electron chi connectivity index (χ1n) is 8.39. The lowest BCUT2D eigenvalue weighted by Crippen LogP contribution is -2.47. The quantitative estimate of drug-likeness (QED) is 0.921. The van der Waals surface area contributed by atoms with Crippen LogP contribution in [0, 0.1) is 17.2 Å². The lowest BCUT2D eigenvalue weighted by molar-refractivity contribution is 0.0489. The summed E-state index contributed by atoms with van der Waals surface area (Å²) in [5.74, 6) is 0.349. The minimum atomic E-state index is -0.490. The molecular weight excluding hydrogens is 304 g/mol. The molecule has 0 aromatic carbocycles. The Morgan fingerprint density at radius 3 is 2.83 bits per heavy atom. The molecule has 2 atom stereocenters. The number of piperidine rings is 1. The average Bonchev–Trinajstić information content (AvgIpc) is 2.53. The highest BCUT2D eigenvalue weighted by molar-refractivity contribution is 5.68. The van der Waals surface area contributed by atoms with E-state index >= 15 is 0 Å². The van der Waals surface area contributed by atoms with Crippen molar-refractivity contribution in [1.82, 2.24) is 10.3 Å². The number of nitrogens with zero attached hydrogens (tertiary/aromatic N) is 3. The Kier molecular flexibility index (Phi) is 5.66. The number of hydrogen-bond donors (Lipinski definition) is 1. The summed E-state index contributed by atoms with van der Waals surface area (Å²) in [7, 11) is 0. The number of pyridine rings is 1. The zero-order chi connectivity index (χ0) is 17.7. The molecule has 0 spiro atoms. The summed E-state index contributed by atoms with van der Waals surface area (Å²) in [6.07, 6.45) is 3.50. The molecule has 1 N–H and O–H groups in total. The fourth-order valence-corrected chi connectivity index (χ4v) is 2.90. The Hall–Kier alpha value is -2.29. The molecule has 1 aliphatic heterocycles. The first kappa shape index (κ1) is 18.1. The minimum absolute atomic E-state index is 0.0361. The van der Waals surface area contributed by atoms with Crippen molar-refractivity contribution in [2.75, 3.05) is 18.0 Å². The van der Waals surface area contributed by atoms with E-state index in [0.29, 0.717) is 11.6 Å². The summed E-state index contributed by atoms with van der Waals surface area (Å²) < 4.78 is 5.33. The van der Waals surface area contributed by atoms with Crippen molar-refractivity contribution in [3.63, 3.8) is 0 Å². The van der Waals surface area contributed by atoms with Crippen molar-refractivity contribution in [3.8, 4) is 6.07 Å². The number of nitrogens with one attached hydrogen (secondary N) is 1. The highest BCUT2D eigenvalue weighted by atomic mass is 16.6. The Balaban J connectivity index is 1.94. The molecular formula is C18H26N4O2. The summed E-state index contributed by atoms with van der Waals surface area (Å²) in [6, 6.07) is 5.74. The summed E-state index contributed by atoms with van der Waals surface area (Å²) in [4.78, 5) is 18.3. The summed E-state index contributed by atoms with van der Waals surface area (Å²) in [5.41, 5.74) is 0.951. The molecule has 2 heterocycles. The van der Waals surface area contributed by atoms with E-state index in [1.54, 1.807) is 12.3 Å². The van der Waals surface area contributed by atoms with Crippen LogP contribution in [0.3, 0.4) is 0 Å². The third-order valence-corrected chi connectivity index (χ3v) is 4.14. The van der Waals surface area contributed by atoms with E-state index in [9.17, 15) is 4.79 Å². The van der Waals surface area contributed by atoms with Gasteiger partial charge in [-0.05, 0) is 58.6 Å². The molecule has 0 aliphatic carbocycles. The Bertz CT molecular complexity index is 601. The van der Waals surface area contributed by atoms with Crippen LogP contribution in [0.4, 0.5) is 10.5 Å². The van der Waals surface area contributed by atoms with E-state index in [0.717, 1.165) is 31.6 Å². The topological polar surface area (TPSA) is 78.2 Å². The van der Waals surface area contributed by atoms with Crippen molar-refractivity contribution in [1.29, 1.82) is 5.26 Å². The standard InChI is InChI=1S/C18H26N4O2/c1-13(21-17(23)24-18(2,3)4)14-6-5-9-22(12-14)16-8-7-15(10-19)20-11-16/h7-8,11,13-14H,5-6,9,12H2,1-4H3,(H,21,23). The summed E-state index contributed by atoms with van der Waals surface area (Å²) >= 11 is 0. The van der Waals surface area contributed by atoms with Crippen LogP contribution in [0.15, 0.2) is 18.3 Å². The van der Waals surface area contributed by atoms with E-state index in [4.69, 9.17) is 10.00 Å². The second kappa shape index (κ2) is 7.52. The Labute approximate surface area is 143 Å². The molecule has 2 unspecified atom stereocenters. The predicted molar refractivity (Wildman–Crippen MR) is 92.7 cm³/mol. The van der Waals surface area contributed by atoms with Gasteiger partial charge in [-0.25, -0.2) is 9.78 Å². The molecule has 24 heavy (non-hydrogen) atoms. The maximum absolute atomic E-state index is 11.9. The maximum atomic E-state index is 11.9. The van der Waals surface area contributed by atoms with Crippen LogP contribution in [0.5, 0.6) is 0 Å². The normalized spacial score (nSPS) is 19.3. The van der Waals surface area contributed by atoms with Gasteiger partial charge in [-0.15, -0.1) is 0 Å². The zero-order valence-electron chi connectivity index (χ0n) is 14.9. The van der Waals surface area contributed by atoms with Gasteiger partial charge in [-0.2, -0.15) is 5.26 Å². The first-order valence-corrected chi connectivity index (χ1v) is 8.39. The smallest absolute Gasteiger partial charge is 0.407 e. The van der Waals surface area contributed by atoms with Gasteiger partial charge in [0.2, 0.25) is 0 Å². The van der Waals surface area contributed by atoms with Crippen molar-refractivity contribution in [2.24, 2.45) is 5.92 Å². The Morgan fingerprint density at radius 2 is 2.25 bits per heavy atom. The van der Waals surface area contributed by atoms with Gasteiger partial charge in [-0.3, -0.25) is 0 Å². The van der Waals surface area contributed by atoms with E-state index < -0.39 is 5.60 Å². The van der Waals surface area contributed by atoms with Gasteiger partial charge in [0.25, 0.3) is 0 Å². The molecule has 1 aromatic rings. The van der Waals surface area contributed by atoms with Crippen LogP contribution in [0.2, 0.25) is 0 Å². The second-order valence-electron chi connectivity index (χ2n) is 7.30. The third-order valence-electron chi connectivity index (χ3n) is 4.14. The van der Waals surface area contributed by atoms with Gasteiger partial charge in [0, 0.05) is 19.1 Å². The predicted octanol–water partition coefficient (Wildman–Crippen LogP) is 3.08. The van der Waals surface area contributed by atoms with Crippen LogP contribution in [-0.2, 0) is 4.74 Å². The lowest BCUT2D eigenvalue weighted by atomic mass is 9.91. The van der Waals surface area contributed by atoms with Gasteiger partial charge in [0.1, 0.15) is 17.4 Å². The van der Waals surface area contributed by atoms with E-state index in [1.165, 1.54) is 0 Å². The molecule has 1 aromatic heterocycles. The molecule has 130 valence electrons. The second-order valence-corrected chi connectivity index (χ2v) is 7.30. The highest BCUT2D eigenvalue weighted by Gasteiger charge is 2.27. The number of hydrogen-bond acceptors (Lipinski definition) is 5. The largest absolute Gasteiger partial charge is 0.444 e. The van der Waals surface area contributed by atoms with Crippen molar-refractivity contribution >= 4 is 11.8 Å². The fraction of sp³-hybridized carbons (Fsp3) is 0.611. The van der Waals surface area contributed by atoms with Gasteiger partial charge in [0.05, 0.1) is 11.9 Å². The number of carbonyl (C=O) groups excluding carboxylic acids is 1. The SMILES string of the molecule is CC(NC(=O)OC(C)(C)C)C1CCCN(c2ccc(C#N)nc2)C1. The summed E-state index contributed by atoms with van der Waals surface area (Å²) in [5, 5.41) is 11.8. The van der Waals surface area contributed by atoms with E-state index in [-0.39, 0.29) is 12.1 Å². The molecule has 2 rings (SSSR count). The van der Waals surface area contributed by atoms with Gasteiger partial charge in [-0.1, -0.05) is 0 Å². The lowest BCUT2D eigenvalue weighted by Gasteiger charge is -2.37. The number of aromatic nitrogens is 1. The van der Waals surface area contributed by atoms with Gasteiger partial charge < -0.3 is 15.0 Å². The van der Waals surface area contributed by atoms with Crippen LogP contribution in [0.1, 0.15) is 46.2 Å². The molecule has 1 amide bonds. The zero-order valence-corrected chi connectivity index (χ0v) is 14.9. The van der Waals surface area contributed by atoms with Crippen LogP contribution < -0.4 is 10.2 Å². The number of amides is 1. The molecule has 0 bridgehead atoms. The highest BCUT2D eigenvalue weighted by Crippen LogP contribution is 2.25. The molecule has 0 radical (unpaired) electrons. The molecule has 6 nitrogen and oxygen atoms in total. The summed E-state index contributed by atoms with van der Waals surface area (Å²) in [6.45, 7) is 9.41. The number of ether oxygens (including phenoxy) is 1. The fourth-order valence-electron chi connectivity index (χ4n) is 2.90. The third kappa shape index (κ3) is 5.12. The maximum Gasteiger partial charge on any atom is 0.407 e. The molecule has 1 aliphatic rings. The van der Waals surface area contributed by atoms with Crippen LogP contribution in [-0.4, -0.2) is 35.8 Å².